The van der Waals surface area contributed by atoms with Gasteiger partial charge in [0.25, 0.3) is 0 Å². The molecule has 0 spiro atoms. The normalized spacial score (nSPS) is 11.1. The molecule has 2 rings (SSSR count). The number of guanidine groups is 1. The molecule has 0 bridgehead atoms. The van der Waals surface area contributed by atoms with Gasteiger partial charge in [-0.15, -0.1) is 35.3 Å². The predicted molar refractivity (Wildman–Crippen MR) is 127 cm³/mol. The third-order valence-corrected chi connectivity index (χ3v) is 4.66. The lowest BCUT2D eigenvalue weighted by atomic mass is 10.2. The standard InChI is InChI=1S/C20H30N4O2S.HI/c1-5-21-20(24(3)14-18-15-27-16(2)23-18)22-13-17-8-6-9-19(12-17)26-11-7-10-25-4;/h6,8-9,12,15H,5,7,10-11,13-14H2,1-4H3,(H,21,22);1H. The second-order valence-corrected chi connectivity index (χ2v) is 7.29. The lowest BCUT2D eigenvalue weighted by molar-refractivity contribution is 0.172. The van der Waals surface area contributed by atoms with Gasteiger partial charge in [-0.1, -0.05) is 12.1 Å². The smallest absolute Gasteiger partial charge is 0.194 e. The number of benzene rings is 1. The number of nitrogens with zero attached hydrogens (tertiary/aromatic N) is 3. The van der Waals surface area contributed by atoms with Gasteiger partial charge in [-0.25, -0.2) is 9.98 Å². The first-order chi connectivity index (χ1) is 13.1. The second-order valence-electron chi connectivity index (χ2n) is 6.23. The monoisotopic (exact) mass is 518 g/mol. The molecule has 6 nitrogen and oxygen atoms in total. The van der Waals surface area contributed by atoms with E-state index in [9.17, 15) is 0 Å². The Morgan fingerprint density at radius 3 is 2.82 bits per heavy atom. The van der Waals surface area contributed by atoms with Crippen molar-refractivity contribution in [1.82, 2.24) is 15.2 Å². The lowest BCUT2D eigenvalue weighted by Gasteiger charge is -2.21. The molecule has 0 aliphatic rings. The largest absolute Gasteiger partial charge is 0.493 e. The SMILES string of the molecule is CCNC(=NCc1cccc(OCCCOC)c1)N(C)Cc1csc(C)n1.I. The van der Waals surface area contributed by atoms with E-state index in [0.29, 0.717) is 19.8 Å². The molecule has 0 amide bonds. The first-order valence-corrected chi connectivity index (χ1v) is 10.1. The summed E-state index contributed by atoms with van der Waals surface area (Å²) in [6.45, 7) is 7.61. The third kappa shape index (κ3) is 8.74. The summed E-state index contributed by atoms with van der Waals surface area (Å²) in [7, 11) is 3.73. The van der Waals surface area contributed by atoms with E-state index in [2.05, 4.69) is 33.6 Å². The molecule has 0 aliphatic heterocycles. The third-order valence-electron chi connectivity index (χ3n) is 3.83. The van der Waals surface area contributed by atoms with Crippen LogP contribution in [0.3, 0.4) is 0 Å². The highest BCUT2D eigenvalue weighted by Gasteiger charge is 2.08. The van der Waals surface area contributed by atoms with Gasteiger partial charge in [0, 0.05) is 39.1 Å². The van der Waals surface area contributed by atoms with E-state index in [-0.39, 0.29) is 24.0 Å². The summed E-state index contributed by atoms with van der Waals surface area (Å²) in [5.74, 6) is 1.74. The van der Waals surface area contributed by atoms with Crippen molar-refractivity contribution < 1.29 is 9.47 Å². The van der Waals surface area contributed by atoms with E-state index < -0.39 is 0 Å². The minimum Gasteiger partial charge on any atom is -0.493 e. The average Bonchev–Trinajstić information content (AvgIpc) is 3.07. The number of halogens is 1. The molecule has 8 heteroatoms. The van der Waals surface area contributed by atoms with E-state index in [1.807, 2.05) is 32.2 Å². The summed E-state index contributed by atoms with van der Waals surface area (Å²) in [6.07, 6.45) is 0.879. The molecule has 1 N–H and O–H groups in total. The summed E-state index contributed by atoms with van der Waals surface area (Å²) in [5.41, 5.74) is 2.18. The van der Waals surface area contributed by atoms with Gasteiger partial charge in [0.05, 0.1) is 30.4 Å². The zero-order chi connectivity index (χ0) is 19.5. The molecule has 0 aliphatic carbocycles. The van der Waals surface area contributed by atoms with Gasteiger partial charge in [-0.2, -0.15) is 0 Å². The Balaban J connectivity index is 0.00000392. The van der Waals surface area contributed by atoms with Gasteiger partial charge in [0.2, 0.25) is 0 Å². The van der Waals surface area contributed by atoms with Gasteiger partial charge in [0.1, 0.15) is 5.75 Å². The molecule has 0 atom stereocenters. The summed E-state index contributed by atoms with van der Waals surface area (Å²) < 4.78 is 10.8. The van der Waals surface area contributed by atoms with Crippen LogP contribution in [0.5, 0.6) is 5.75 Å². The fourth-order valence-electron chi connectivity index (χ4n) is 2.56. The Morgan fingerprint density at radius 1 is 1.32 bits per heavy atom. The van der Waals surface area contributed by atoms with Crippen molar-refractivity contribution in [2.24, 2.45) is 4.99 Å². The van der Waals surface area contributed by atoms with Crippen LogP contribution in [0.1, 0.15) is 29.6 Å². The molecule has 1 aromatic heterocycles. The molecule has 1 heterocycles. The van der Waals surface area contributed by atoms with Crippen molar-refractivity contribution in [1.29, 1.82) is 0 Å². The van der Waals surface area contributed by atoms with Crippen LogP contribution in [0.25, 0.3) is 0 Å². The molecule has 0 fully saturated rings. The maximum absolute atomic E-state index is 5.77. The Kier molecular flexibility index (Phi) is 12.1. The predicted octanol–water partition coefficient (Wildman–Crippen LogP) is 4.08. The molecule has 1 aromatic carbocycles. The van der Waals surface area contributed by atoms with Crippen molar-refractivity contribution >= 4 is 41.3 Å². The number of hydrogen-bond donors (Lipinski definition) is 1. The maximum atomic E-state index is 5.77. The van der Waals surface area contributed by atoms with E-state index in [4.69, 9.17) is 14.5 Å². The highest BCUT2D eigenvalue weighted by Crippen LogP contribution is 2.15. The molecule has 156 valence electrons. The van der Waals surface area contributed by atoms with Crippen molar-refractivity contribution in [3.63, 3.8) is 0 Å². The van der Waals surface area contributed by atoms with Crippen molar-refractivity contribution in [2.75, 3.05) is 33.9 Å². The van der Waals surface area contributed by atoms with Crippen LogP contribution in [0.15, 0.2) is 34.6 Å². The van der Waals surface area contributed by atoms with Crippen molar-refractivity contribution in [2.45, 2.75) is 33.4 Å². The average molecular weight is 518 g/mol. The molecular weight excluding hydrogens is 487 g/mol. The highest BCUT2D eigenvalue weighted by atomic mass is 127. The summed E-state index contributed by atoms with van der Waals surface area (Å²) in [6, 6.07) is 8.09. The van der Waals surface area contributed by atoms with Gasteiger partial charge < -0.3 is 19.7 Å². The number of hydrogen-bond acceptors (Lipinski definition) is 5. The van der Waals surface area contributed by atoms with E-state index >= 15 is 0 Å². The fourth-order valence-corrected chi connectivity index (χ4v) is 3.17. The van der Waals surface area contributed by atoms with Crippen molar-refractivity contribution in [3.8, 4) is 5.75 Å². The number of aryl methyl sites for hydroxylation is 1. The van der Waals surface area contributed by atoms with Crippen LogP contribution in [0, 0.1) is 6.92 Å². The first-order valence-electron chi connectivity index (χ1n) is 9.23. The molecule has 0 radical (unpaired) electrons. The molecule has 0 saturated heterocycles. The number of aliphatic imine (C=N–C) groups is 1. The van der Waals surface area contributed by atoms with E-state index in [1.165, 1.54) is 0 Å². The Morgan fingerprint density at radius 2 is 2.14 bits per heavy atom. The molecule has 2 aromatic rings. The molecule has 0 saturated carbocycles. The first kappa shape index (κ1) is 24.6. The highest BCUT2D eigenvalue weighted by molar-refractivity contribution is 14.0. The number of ether oxygens (including phenoxy) is 2. The van der Waals surface area contributed by atoms with Crippen LogP contribution in [0.2, 0.25) is 0 Å². The summed E-state index contributed by atoms with van der Waals surface area (Å²) in [4.78, 5) is 11.4. The number of thiazole rings is 1. The van der Waals surface area contributed by atoms with Crippen LogP contribution in [0.4, 0.5) is 0 Å². The van der Waals surface area contributed by atoms with E-state index in [0.717, 1.165) is 47.5 Å². The zero-order valence-corrected chi connectivity index (χ0v) is 20.3. The van der Waals surface area contributed by atoms with Crippen molar-refractivity contribution in [3.05, 3.63) is 45.9 Å². The summed E-state index contributed by atoms with van der Waals surface area (Å²) >= 11 is 1.67. The van der Waals surface area contributed by atoms with Gasteiger partial charge in [-0.05, 0) is 31.5 Å². The topological polar surface area (TPSA) is 59.0 Å². The van der Waals surface area contributed by atoms with Crippen LogP contribution >= 0.6 is 35.3 Å². The fraction of sp³-hybridized carbons (Fsp3) is 0.500. The number of aromatic nitrogens is 1. The van der Waals surface area contributed by atoms with Gasteiger partial charge in [-0.3, -0.25) is 0 Å². The van der Waals surface area contributed by atoms with Gasteiger partial charge in [0.15, 0.2) is 5.96 Å². The molecule has 28 heavy (non-hydrogen) atoms. The maximum Gasteiger partial charge on any atom is 0.194 e. The second kappa shape index (κ2) is 13.7. The number of rotatable bonds is 10. The number of nitrogens with one attached hydrogen (secondary N) is 1. The molecule has 0 unspecified atom stereocenters. The zero-order valence-electron chi connectivity index (χ0n) is 17.1. The molecular formula is C20H31IN4O2S. The van der Waals surface area contributed by atoms with Gasteiger partial charge >= 0.3 is 0 Å². The Hall–Kier alpha value is -1.39. The number of methoxy groups -OCH3 is 1. The van der Waals surface area contributed by atoms with E-state index in [1.54, 1.807) is 18.4 Å². The Bertz CT molecular complexity index is 724. The quantitative estimate of drug-likeness (QED) is 0.222. The Labute approximate surface area is 189 Å². The minimum absolute atomic E-state index is 0. The van der Waals surface area contributed by atoms with Crippen LogP contribution < -0.4 is 10.1 Å². The lowest BCUT2D eigenvalue weighted by Crippen LogP contribution is -2.38. The van der Waals surface area contributed by atoms with Crippen LogP contribution in [-0.2, 0) is 17.8 Å². The summed E-state index contributed by atoms with van der Waals surface area (Å²) in [5, 5.41) is 6.53. The van der Waals surface area contributed by atoms with Crippen LogP contribution in [-0.4, -0.2) is 49.8 Å². The minimum atomic E-state index is 0.